The molecule has 4 N–H and O–H groups in total. The summed E-state index contributed by atoms with van der Waals surface area (Å²) in [6.45, 7) is 3.46. The Morgan fingerprint density at radius 2 is 2.15 bits per heavy atom. The first-order valence-corrected chi connectivity index (χ1v) is 7.20. The van der Waals surface area contributed by atoms with Crippen molar-refractivity contribution in [2.45, 2.75) is 19.4 Å². The molecule has 1 aliphatic heterocycles. The highest BCUT2D eigenvalue weighted by atomic mass is 16.2. The normalized spacial score (nSPS) is 16.9. The molecule has 0 aliphatic carbocycles. The number of carbonyl (C=O) groups excluding carboxylic acids is 1. The topological polar surface area (TPSA) is 70.4 Å². The highest BCUT2D eigenvalue weighted by molar-refractivity contribution is 5.89. The summed E-state index contributed by atoms with van der Waals surface area (Å²) in [5.74, 6) is 0.590. The largest absolute Gasteiger partial charge is 0.338 e. The van der Waals surface area contributed by atoms with E-state index in [1.165, 1.54) is 0 Å². The number of nitrogens with two attached hydrogens (primary N) is 1. The fourth-order valence-corrected chi connectivity index (χ4v) is 2.45. The maximum atomic E-state index is 11.9. The van der Waals surface area contributed by atoms with Crippen molar-refractivity contribution in [3.8, 4) is 0 Å². The SMILES string of the molecule is CN1CCC(CNC(=O)Nc2cccc(CN)c2)CC1. The number of hydrogen-bond acceptors (Lipinski definition) is 3. The van der Waals surface area contributed by atoms with Gasteiger partial charge < -0.3 is 21.3 Å². The molecule has 1 heterocycles. The van der Waals surface area contributed by atoms with Crippen molar-refractivity contribution in [1.82, 2.24) is 10.2 Å². The number of urea groups is 1. The van der Waals surface area contributed by atoms with E-state index in [1.54, 1.807) is 0 Å². The average molecular weight is 276 g/mol. The molecule has 0 radical (unpaired) electrons. The van der Waals surface area contributed by atoms with E-state index in [1.807, 2.05) is 24.3 Å². The van der Waals surface area contributed by atoms with Gasteiger partial charge in [-0.2, -0.15) is 0 Å². The fourth-order valence-electron chi connectivity index (χ4n) is 2.45. The zero-order valence-electron chi connectivity index (χ0n) is 12.1. The Bertz CT molecular complexity index is 441. The van der Waals surface area contributed by atoms with Crippen LogP contribution in [0.3, 0.4) is 0 Å². The Morgan fingerprint density at radius 1 is 1.40 bits per heavy atom. The molecule has 0 saturated carbocycles. The number of hydrogen-bond donors (Lipinski definition) is 3. The van der Waals surface area contributed by atoms with Crippen LogP contribution in [0.5, 0.6) is 0 Å². The van der Waals surface area contributed by atoms with Crippen LogP contribution in [0, 0.1) is 5.92 Å². The number of amides is 2. The molecular weight excluding hydrogens is 252 g/mol. The van der Waals surface area contributed by atoms with Crippen LogP contribution in [0.4, 0.5) is 10.5 Å². The number of rotatable bonds is 4. The molecule has 0 spiro atoms. The first-order valence-electron chi connectivity index (χ1n) is 7.20. The number of nitrogens with one attached hydrogen (secondary N) is 2. The van der Waals surface area contributed by atoms with E-state index in [2.05, 4.69) is 22.6 Å². The van der Waals surface area contributed by atoms with Gasteiger partial charge in [0.05, 0.1) is 0 Å². The first-order chi connectivity index (χ1) is 9.67. The molecule has 1 saturated heterocycles. The van der Waals surface area contributed by atoms with Gasteiger partial charge in [-0.15, -0.1) is 0 Å². The zero-order chi connectivity index (χ0) is 14.4. The second kappa shape index (κ2) is 7.26. The smallest absolute Gasteiger partial charge is 0.319 e. The van der Waals surface area contributed by atoms with E-state index >= 15 is 0 Å². The lowest BCUT2D eigenvalue weighted by Gasteiger charge is -2.28. The van der Waals surface area contributed by atoms with Crippen molar-refractivity contribution in [1.29, 1.82) is 0 Å². The minimum Gasteiger partial charge on any atom is -0.338 e. The van der Waals surface area contributed by atoms with E-state index in [9.17, 15) is 4.79 Å². The standard InChI is InChI=1S/C15H24N4O/c1-19-7-5-12(6-8-19)11-17-15(20)18-14-4-2-3-13(9-14)10-16/h2-4,9,12H,5-8,10-11,16H2,1H3,(H2,17,18,20). The zero-order valence-corrected chi connectivity index (χ0v) is 12.1. The molecule has 2 amide bonds. The van der Waals surface area contributed by atoms with Gasteiger partial charge in [-0.3, -0.25) is 0 Å². The predicted molar refractivity (Wildman–Crippen MR) is 81.6 cm³/mol. The molecule has 0 atom stereocenters. The van der Waals surface area contributed by atoms with Crippen LogP contribution < -0.4 is 16.4 Å². The summed E-state index contributed by atoms with van der Waals surface area (Å²) in [7, 11) is 2.14. The number of nitrogens with zero attached hydrogens (tertiary/aromatic N) is 1. The maximum Gasteiger partial charge on any atom is 0.319 e. The van der Waals surface area contributed by atoms with E-state index in [4.69, 9.17) is 5.73 Å². The summed E-state index contributed by atoms with van der Waals surface area (Å²) in [6.07, 6.45) is 2.30. The van der Waals surface area contributed by atoms with Crippen LogP contribution in [-0.2, 0) is 6.54 Å². The van der Waals surface area contributed by atoms with Crippen molar-refractivity contribution in [3.63, 3.8) is 0 Å². The molecule has 1 aromatic carbocycles. The van der Waals surface area contributed by atoms with E-state index < -0.39 is 0 Å². The van der Waals surface area contributed by atoms with Crippen LogP contribution in [0.1, 0.15) is 18.4 Å². The number of likely N-dealkylation sites (tertiary alicyclic amines) is 1. The van der Waals surface area contributed by atoms with Crippen LogP contribution in [0.25, 0.3) is 0 Å². The first kappa shape index (κ1) is 14.8. The summed E-state index contributed by atoms with van der Waals surface area (Å²) in [5.41, 5.74) is 7.38. The van der Waals surface area contributed by atoms with Crippen molar-refractivity contribution < 1.29 is 4.79 Å². The van der Waals surface area contributed by atoms with Gasteiger partial charge in [-0.25, -0.2) is 4.79 Å². The van der Waals surface area contributed by atoms with Crippen molar-refractivity contribution in [2.75, 3.05) is 32.0 Å². The maximum absolute atomic E-state index is 11.9. The van der Waals surface area contributed by atoms with E-state index in [0.29, 0.717) is 12.5 Å². The lowest BCUT2D eigenvalue weighted by Crippen LogP contribution is -2.38. The molecule has 1 aromatic rings. The molecule has 20 heavy (non-hydrogen) atoms. The Morgan fingerprint density at radius 3 is 2.85 bits per heavy atom. The molecule has 2 rings (SSSR count). The highest BCUT2D eigenvalue weighted by Gasteiger charge is 2.17. The van der Waals surface area contributed by atoms with Crippen molar-refractivity contribution in [3.05, 3.63) is 29.8 Å². The third-order valence-electron chi connectivity index (χ3n) is 3.81. The Hall–Kier alpha value is -1.59. The second-order valence-electron chi connectivity index (χ2n) is 5.49. The van der Waals surface area contributed by atoms with Crippen molar-refractivity contribution in [2.24, 2.45) is 11.7 Å². The monoisotopic (exact) mass is 276 g/mol. The summed E-state index contributed by atoms with van der Waals surface area (Å²) >= 11 is 0. The summed E-state index contributed by atoms with van der Waals surface area (Å²) in [4.78, 5) is 14.2. The Kier molecular flexibility index (Phi) is 5.38. The number of anilines is 1. The highest BCUT2D eigenvalue weighted by Crippen LogP contribution is 2.15. The average Bonchev–Trinajstić information content (AvgIpc) is 2.47. The fraction of sp³-hybridized carbons (Fsp3) is 0.533. The molecule has 110 valence electrons. The second-order valence-corrected chi connectivity index (χ2v) is 5.49. The van der Waals surface area contributed by atoms with Gasteiger partial charge in [0.15, 0.2) is 0 Å². The summed E-state index contributed by atoms with van der Waals surface area (Å²) < 4.78 is 0. The summed E-state index contributed by atoms with van der Waals surface area (Å²) in [5, 5.41) is 5.80. The van der Waals surface area contributed by atoms with Gasteiger partial charge in [-0.1, -0.05) is 12.1 Å². The Balaban J connectivity index is 1.74. The van der Waals surface area contributed by atoms with Gasteiger partial charge >= 0.3 is 6.03 Å². The van der Waals surface area contributed by atoms with Gasteiger partial charge in [0.25, 0.3) is 0 Å². The van der Waals surface area contributed by atoms with Crippen molar-refractivity contribution >= 4 is 11.7 Å². The van der Waals surface area contributed by atoms with E-state index in [-0.39, 0.29) is 6.03 Å². The van der Waals surface area contributed by atoms with Crippen LogP contribution >= 0.6 is 0 Å². The molecule has 0 unspecified atom stereocenters. The van der Waals surface area contributed by atoms with E-state index in [0.717, 1.165) is 43.7 Å². The minimum absolute atomic E-state index is 0.141. The third kappa shape index (κ3) is 4.51. The molecule has 5 heteroatoms. The van der Waals surface area contributed by atoms with Gasteiger partial charge in [-0.05, 0) is 56.6 Å². The molecule has 1 aliphatic rings. The Labute approximate surface area is 120 Å². The number of carbonyl (C=O) groups is 1. The lowest BCUT2D eigenvalue weighted by atomic mass is 9.97. The quantitative estimate of drug-likeness (QED) is 0.782. The third-order valence-corrected chi connectivity index (χ3v) is 3.81. The minimum atomic E-state index is -0.141. The van der Waals surface area contributed by atoms with Crippen LogP contribution in [-0.4, -0.2) is 37.6 Å². The van der Waals surface area contributed by atoms with Crippen LogP contribution in [0.15, 0.2) is 24.3 Å². The van der Waals surface area contributed by atoms with Gasteiger partial charge in [0.2, 0.25) is 0 Å². The van der Waals surface area contributed by atoms with Gasteiger partial charge in [0, 0.05) is 18.8 Å². The number of piperidine rings is 1. The number of benzene rings is 1. The molecule has 5 nitrogen and oxygen atoms in total. The molecule has 1 fully saturated rings. The predicted octanol–water partition coefficient (Wildman–Crippen LogP) is 1.61. The molecule has 0 bridgehead atoms. The van der Waals surface area contributed by atoms with Gasteiger partial charge in [0.1, 0.15) is 0 Å². The summed E-state index contributed by atoms with van der Waals surface area (Å²) in [6, 6.07) is 7.47. The lowest BCUT2D eigenvalue weighted by molar-refractivity contribution is 0.213. The van der Waals surface area contributed by atoms with Crippen LogP contribution in [0.2, 0.25) is 0 Å². The molecule has 0 aromatic heterocycles. The molecular formula is C15H24N4O.